The summed E-state index contributed by atoms with van der Waals surface area (Å²) in [7, 11) is -1.50. The summed E-state index contributed by atoms with van der Waals surface area (Å²) in [5.74, 6) is 1.000. The first-order valence-corrected chi connectivity index (χ1v) is 14.7. The van der Waals surface area contributed by atoms with Crippen molar-refractivity contribution in [1.29, 1.82) is 0 Å². The highest BCUT2D eigenvalue weighted by Crippen LogP contribution is 2.41. The van der Waals surface area contributed by atoms with Crippen molar-refractivity contribution in [1.82, 2.24) is 0 Å². The average Bonchev–Trinajstić information content (AvgIpc) is 3.01. The first-order chi connectivity index (χ1) is 16.5. The molecule has 0 spiro atoms. The SMILES string of the molecule is CCCCc1cc(C(C)CC)cc2c1op(OCC)oc1c(CCCC)c(C(C)CC)ccc12. The highest BCUT2D eigenvalue weighted by molar-refractivity contribution is 7.31. The fraction of sp³-hybridized carbons (Fsp3) is 0.600. The molecule has 34 heavy (non-hydrogen) atoms. The van der Waals surface area contributed by atoms with Crippen molar-refractivity contribution in [3.05, 3.63) is 46.5 Å². The smallest absolute Gasteiger partial charge is 0.387 e. The highest BCUT2D eigenvalue weighted by Gasteiger charge is 2.19. The van der Waals surface area contributed by atoms with Crippen molar-refractivity contribution in [2.24, 2.45) is 0 Å². The zero-order valence-electron chi connectivity index (χ0n) is 22.5. The van der Waals surface area contributed by atoms with Gasteiger partial charge in [-0.3, -0.25) is 4.52 Å². The van der Waals surface area contributed by atoms with E-state index in [1.165, 1.54) is 33.0 Å². The van der Waals surface area contributed by atoms with E-state index < -0.39 is 8.24 Å². The summed E-state index contributed by atoms with van der Waals surface area (Å²) in [6, 6.07) is 9.36. The van der Waals surface area contributed by atoms with Crippen molar-refractivity contribution in [2.45, 2.75) is 112 Å². The normalized spacial score (nSPS) is 14.0. The Balaban J connectivity index is 2.49. The molecule has 3 aromatic rings. The average molecular weight is 485 g/mol. The van der Waals surface area contributed by atoms with Crippen LogP contribution in [-0.4, -0.2) is 6.61 Å². The molecule has 3 atom stereocenters. The molecule has 4 heteroatoms. The first-order valence-electron chi connectivity index (χ1n) is 13.6. The van der Waals surface area contributed by atoms with Gasteiger partial charge < -0.3 is 8.39 Å². The van der Waals surface area contributed by atoms with Gasteiger partial charge in [0.05, 0.1) is 6.61 Å². The van der Waals surface area contributed by atoms with Gasteiger partial charge in [0.25, 0.3) is 0 Å². The summed E-state index contributed by atoms with van der Waals surface area (Å²) in [4.78, 5) is 0. The minimum atomic E-state index is -1.50. The molecule has 0 N–H and O–H groups in total. The lowest BCUT2D eigenvalue weighted by atomic mass is 9.88. The van der Waals surface area contributed by atoms with Gasteiger partial charge in [-0.2, -0.15) is 0 Å². The van der Waals surface area contributed by atoms with E-state index in [-0.39, 0.29) is 0 Å². The van der Waals surface area contributed by atoms with Gasteiger partial charge in [-0.25, -0.2) is 0 Å². The number of benzene rings is 2. The number of hydrogen-bond donors (Lipinski definition) is 0. The van der Waals surface area contributed by atoms with Crippen LogP contribution in [0.3, 0.4) is 0 Å². The molecule has 0 saturated carbocycles. The fourth-order valence-corrected chi connectivity index (χ4v) is 5.75. The predicted molar refractivity (Wildman–Crippen MR) is 148 cm³/mol. The maximum atomic E-state index is 6.65. The molecule has 1 aromatic heterocycles. The van der Waals surface area contributed by atoms with Crippen molar-refractivity contribution >= 4 is 30.2 Å². The van der Waals surface area contributed by atoms with Gasteiger partial charge in [-0.05, 0) is 85.6 Å². The maximum Gasteiger partial charge on any atom is 0.387 e. The van der Waals surface area contributed by atoms with Crippen LogP contribution in [-0.2, 0) is 12.8 Å². The second kappa shape index (κ2) is 12.8. The first kappa shape index (κ1) is 26.9. The minimum Gasteiger partial charge on any atom is -0.399 e. The number of aryl methyl sites for hydroxylation is 2. The van der Waals surface area contributed by atoms with Crippen LogP contribution in [0.2, 0.25) is 0 Å². The third-order valence-corrected chi connectivity index (χ3v) is 8.38. The molecule has 2 aromatic carbocycles. The van der Waals surface area contributed by atoms with Crippen molar-refractivity contribution < 1.29 is 12.9 Å². The Hall–Kier alpha value is -1.70. The lowest BCUT2D eigenvalue weighted by Crippen LogP contribution is -2.00. The van der Waals surface area contributed by atoms with Crippen molar-refractivity contribution in [3.8, 4) is 0 Å². The minimum absolute atomic E-state index is 0.495. The van der Waals surface area contributed by atoms with Crippen LogP contribution in [0.4, 0.5) is 0 Å². The molecule has 0 aliphatic rings. The summed E-state index contributed by atoms with van der Waals surface area (Å²) in [5.41, 5.74) is 7.41. The number of unbranched alkanes of at least 4 members (excludes halogenated alkanes) is 2. The maximum absolute atomic E-state index is 6.65. The van der Waals surface area contributed by atoms with E-state index in [1.807, 2.05) is 6.92 Å². The number of rotatable bonds is 12. The van der Waals surface area contributed by atoms with Crippen LogP contribution in [0.15, 0.2) is 32.7 Å². The summed E-state index contributed by atoms with van der Waals surface area (Å²) < 4.78 is 19.3. The third kappa shape index (κ3) is 5.92. The van der Waals surface area contributed by atoms with E-state index in [4.69, 9.17) is 12.9 Å². The van der Waals surface area contributed by atoms with E-state index >= 15 is 0 Å². The van der Waals surface area contributed by atoms with Gasteiger partial charge in [0.15, 0.2) is 0 Å². The van der Waals surface area contributed by atoms with E-state index in [1.54, 1.807) is 0 Å². The van der Waals surface area contributed by atoms with Gasteiger partial charge in [-0.15, -0.1) is 0 Å². The van der Waals surface area contributed by atoms with Crippen LogP contribution in [0, 0.1) is 0 Å². The Labute approximate surface area is 207 Å². The molecule has 0 saturated heterocycles. The lowest BCUT2D eigenvalue weighted by Gasteiger charge is -2.17. The Kier molecular flexibility index (Phi) is 10.2. The molecular weight excluding hydrogens is 439 g/mol. The highest BCUT2D eigenvalue weighted by atomic mass is 31.1. The van der Waals surface area contributed by atoms with Gasteiger partial charge in [0.1, 0.15) is 11.2 Å². The zero-order chi connectivity index (χ0) is 24.7. The Morgan fingerprint density at radius 1 is 0.794 bits per heavy atom. The third-order valence-electron chi connectivity index (χ3n) is 7.25. The molecule has 0 amide bonds. The van der Waals surface area contributed by atoms with Crippen LogP contribution in [0.5, 0.6) is 0 Å². The Bertz CT molecular complexity index is 1120. The molecule has 0 bridgehead atoms. The summed E-state index contributed by atoms with van der Waals surface area (Å²) in [6.07, 6.45) is 8.90. The van der Waals surface area contributed by atoms with Gasteiger partial charge >= 0.3 is 8.24 Å². The van der Waals surface area contributed by atoms with Gasteiger partial charge in [0.2, 0.25) is 0 Å². The Morgan fingerprint density at radius 3 is 2.12 bits per heavy atom. The van der Waals surface area contributed by atoms with Gasteiger partial charge in [0, 0.05) is 10.8 Å². The quantitative estimate of drug-likeness (QED) is 0.256. The monoisotopic (exact) mass is 484 g/mol. The molecular formula is C30H45O3P. The standard InChI is InChI=1S/C30H45O3P/c1-8-13-15-23-19-24(21(6)10-3)20-28-27-18-17-25(22(7)11-4)26(16-14-9-2)30(27)33-34(31-12-5)32-29(23)28/h17-22H,8-16H2,1-7H3. The van der Waals surface area contributed by atoms with Crippen LogP contribution in [0.1, 0.15) is 121 Å². The number of fused-ring (bicyclic) bond motifs is 3. The lowest BCUT2D eigenvalue weighted by molar-refractivity contribution is 0.393. The molecule has 1 heterocycles. The number of hydrogen-bond acceptors (Lipinski definition) is 3. The van der Waals surface area contributed by atoms with Crippen LogP contribution in [0.25, 0.3) is 21.9 Å². The van der Waals surface area contributed by atoms with E-state index in [2.05, 4.69) is 65.8 Å². The molecule has 0 fully saturated rings. The second-order valence-electron chi connectivity index (χ2n) is 9.72. The van der Waals surface area contributed by atoms with Gasteiger partial charge in [-0.1, -0.05) is 72.6 Å². The van der Waals surface area contributed by atoms with Crippen molar-refractivity contribution in [2.75, 3.05) is 6.61 Å². The zero-order valence-corrected chi connectivity index (χ0v) is 23.4. The van der Waals surface area contributed by atoms with E-state index in [0.717, 1.165) is 62.5 Å². The van der Waals surface area contributed by atoms with Crippen molar-refractivity contribution in [3.63, 3.8) is 0 Å². The van der Waals surface area contributed by atoms with Crippen LogP contribution < -0.4 is 4.52 Å². The summed E-state index contributed by atoms with van der Waals surface area (Å²) in [6.45, 7) is 16.3. The second-order valence-corrected chi connectivity index (χ2v) is 10.8. The predicted octanol–water partition coefficient (Wildman–Crippen LogP) is 10.5. The molecule has 3 unspecified atom stereocenters. The summed E-state index contributed by atoms with van der Waals surface area (Å²) in [5, 5.41) is 2.35. The molecule has 0 aliphatic carbocycles. The summed E-state index contributed by atoms with van der Waals surface area (Å²) >= 11 is 0. The van der Waals surface area contributed by atoms with Crippen LogP contribution >= 0.6 is 8.24 Å². The molecule has 3 nitrogen and oxygen atoms in total. The fourth-order valence-electron chi connectivity index (χ4n) is 4.67. The molecule has 0 aliphatic heterocycles. The molecule has 188 valence electrons. The molecule has 3 rings (SSSR count). The largest absolute Gasteiger partial charge is 0.399 e. The Morgan fingerprint density at radius 2 is 1.47 bits per heavy atom. The topological polar surface area (TPSA) is 35.5 Å². The van der Waals surface area contributed by atoms with E-state index in [0.29, 0.717) is 18.4 Å². The van der Waals surface area contributed by atoms with E-state index in [9.17, 15) is 0 Å². The molecule has 0 radical (unpaired) electrons.